The van der Waals surface area contributed by atoms with Crippen LogP contribution < -0.4 is 9.62 Å². The van der Waals surface area contributed by atoms with Gasteiger partial charge in [-0.1, -0.05) is 26.3 Å². The molecule has 6 heteroatoms. The summed E-state index contributed by atoms with van der Waals surface area (Å²) < 4.78 is 27.4. The summed E-state index contributed by atoms with van der Waals surface area (Å²) in [5.74, 6) is 0.00514. The molecule has 2 unspecified atom stereocenters. The zero-order chi connectivity index (χ0) is 17.1. The van der Waals surface area contributed by atoms with Gasteiger partial charge in [-0.25, -0.2) is 13.1 Å². The Balaban J connectivity index is 2.99. The molecule has 0 heterocycles. The van der Waals surface area contributed by atoms with Gasteiger partial charge in [0.25, 0.3) is 0 Å². The van der Waals surface area contributed by atoms with E-state index in [0.717, 1.165) is 17.7 Å². The Bertz CT molecular complexity index is 610. The van der Waals surface area contributed by atoms with E-state index < -0.39 is 15.6 Å². The fraction of sp³-hybridized carbons (Fsp3) is 0.625. The molecule has 0 spiro atoms. The quantitative estimate of drug-likeness (QED) is 0.804. The molecule has 0 aromatic heterocycles. The van der Waals surface area contributed by atoms with Crippen molar-refractivity contribution in [1.82, 2.24) is 4.72 Å². The van der Waals surface area contributed by atoms with Crippen LogP contribution in [0.3, 0.4) is 0 Å². The van der Waals surface area contributed by atoms with Crippen molar-refractivity contribution in [2.24, 2.45) is 5.92 Å². The highest BCUT2D eigenvalue weighted by Crippen LogP contribution is 2.23. The number of nitrogens with zero attached hydrogens (tertiary/aromatic N) is 1. The minimum absolute atomic E-state index is 0.00445. The molecule has 2 atom stereocenters. The van der Waals surface area contributed by atoms with Crippen molar-refractivity contribution in [2.45, 2.75) is 44.6 Å². The maximum absolute atomic E-state index is 12.4. The first kappa shape index (κ1) is 18.9. The van der Waals surface area contributed by atoms with Crippen LogP contribution in [0.4, 0.5) is 5.69 Å². The molecule has 126 valence electrons. The Kier molecular flexibility index (Phi) is 6.01. The van der Waals surface area contributed by atoms with Crippen molar-refractivity contribution in [1.29, 1.82) is 0 Å². The van der Waals surface area contributed by atoms with Crippen molar-refractivity contribution in [3.05, 3.63) is 23.8 Å². The van der Waals surface area contributed by atoms with Crippen LogP contribution in [0.2, 0.25) is 0 Å². The fourth-order valence-corrected chi connectivity index (χ4v) is 3.34. The molecule has 0 amide bonds. The summed E-state index contributed by atoms with van der Waals surface area (Å²) in [5, 5.41) is 10.3. The minimum Gasteiger partial charge on any atom is -0.389 e. The lowest BCUT2D eigenvalue weighted by Gasteiger charge is -2.29. The molecular weight excluding hydrogens is 300 g/mol. The third-order valence-electron chi connectivity index (χ3n) is 4.27. The molecule has 0 aliphatic carbocycles. The first-order valence-corrected chi connectivity index (χ1v) is 8.99. The standard InChI is InChI=1S/C16H28N2O3S/c1-7-13(3)16(4,19)11-17-22(20,21)14-9-8-12(2)15(10-14)18(5)6/h8-10,13,17,19H,7,11H2,1-6H3. The highest BCUT2D eigenvalue weighted by Gasteiger charge is 2.29. The number of aliphatic hydroxyl groups is 1. The van der Waals surface area contributed by atoms with Crippen LogP contribution in [0.25, 0.3) is 0 Å². The van der Waals surface area contributed by atoms with Gasteiger partial charge in [-0.3, -0.25) is 0 Å². The number of aryl methyl sites for hydroxylation is 1. The second-order valence-corrected chi connectivity index (χ2v) is 8.10. The van der Waals surface area contributed by atoms with Crippen LogP contribution in [-0.4, -0.2) is 39.8 Å². The fourth-order valence-electron chi connectivity index (χ4n) is 2.18. The second-order valence-electron chi connectivity index (χ2n) is 6.33. The molecule has 0 radical (unpaired) electrons. The van der Waals surface area contributed by atoms with Gasteiger partial charge >= 0.3 is 0 Å². The summed E-state index contributed by atoms with van der Waals surface area (Å²) in [6, 6.07) is 5.02. The number of nitrogens with one attached hydrogen (secondary N) is 1. The van der Waals surface area contributed by atoms with Gasteiger partial charge in [-0.2, -0.15) is 0 Å². The Morgan fingerprint density at radius 3 is 2.45 bits per heavy atom. The predicted molar refractivity (Wildman–Crippen MR) is 90.8 cm³/mol. The second kappa shape index (κ2) is 6.98. The van der Waals surface area contributed by atoms with Crippen LogP contribution in [0.15, 0.2) is 23.1 Å². The molecule has 1 rings (SSSR count). The van der Waals surface area contributed by atoms with E-state index in [1.165, 1.54) is 0 Å². The van der Waals surface area contributed by atoms with Crippen molar-refractivity contribution in [3.63, 3.8) is 0 Å². The van der Waals surface area contributed by atoms with Crippen LogP contribution in [-0.2, 0) is 10.0 Å². The third-order valence-corrected chi connectivity index (χ3v) is 5.67. The lowest BCUT2D eigenvalue weighted by Crippen LogP contribution is -2.45. The van der Waals surface area contributed by atoms with Gasteiger partial charge in [0, 0.05) is 26.3 Å². The van der Waals surface area contributed by atoms with Crippen molar-refractivity contribution < 1.29 is 13.5 Å². The van der Waals surface area contributed by atoms with E-state index in [1.54, 1.807) is 25.1 Å². The van der Waals surface area contributed by atoms with E-state index in [9.17, 15) is 13.5 Å². The molecule has 0 aliphatic rings. The van der Waals surface area contributed by atoms with Crippen molar-refractivity contribution >= 4 is 15.7 Å². The summed E-state index contributed by atoms with van der Waals surface area (Å²) in [5.41, 5.74) is 0.795. The molecule has 2 N–H and O–H groups in total. The molecular formula is C16H28N2O3S. The van der Waals surface area contributed by atoms with Gasteiger partial charge in [0.15, 0.2) is 0 Å². The van der Waals surface area contributed by atoms with Gasteiger partial charge in [0.2, 0.25) is 10.0 Å². The molecule has 0 fully saturated rings. The molecule has 1 aromatic rings. The van der Waals surface area contributed by atoms with Gasteiger partial charge in [0.1, 0.15) is 0 Å². The predicted octanol–water partition coefficient (Wildman–Crippen LogP) is 2.14. The van der Waals surface area contributed by atoms with E-state index in [2.05, 4.69) is 4.72 Å². The summed E-state index contributed by atoms with van der Waals surface area (Å²) in [6.07, 6.45) is 0.782. The van der Waals surface area contributed by atoms with Crippen molar-refractivity contribution in [3.8, 4) is 0 Å². The van der Waals surface area contributed by atoms with Gasteiger partial charge in [-0.15, -0.1) is 0 Å². The Labute approximate surface area is 134 Å². The summed E-state index contributed by atoms with van der Waals surface area (Å²) in [7, 11) is 0.105. The minimum atomic E-state index is -3.64. The highest BCUT2D eigenvalue weighted by molar-refractivity contribution is 7.89. The van der Waals surface area contributed by atoms with Gasteiger partial charge < -0.3 is 10.0 Å². The van der Waals surface area contributed by atoms with Crippen molar-refractivity contribution in [2.75, 3.05) is 25.5 Å². The lowest BCUT2D eigenvalue weighted by molar-refractivity contribution is 0.0102. The third kappa shape index (κ3) is 4.44. The smallest absolute Gasteiger partial charge is 0.240 e. The molecule has 0 saturated heterocycles. The van der Waals surface area contributed by atoms with E-state index in [-0.39, 0.29) is 17.4 Å². The zero-order valence-corrected chi connectivity index (χ0v) is 15.2. The summed E-state index contributed by atoms with van der Waals surface area (Å²) in [4.78, 5) is 2.09. The average Bonchev–Trinajstić information content (AvgIpc) is 2.44. The molecule has 5 nitrogen and oxygen atoms in total. The number of hydrogen-bond acceptors (Lipinski definition) is 4. The van der Waals surface area contributed by atoms with E-state index in [0.29, 0.717) is 0 Å². The first-order valence-electron chi connectivity index (χ1n) is 7.51. The largest absolute Gasteiger partial charge is 0.389 e. The number of anilines is 1. The molecule has 0 saturated carbocycles. The van der Waals surface area contributed by atoms with Crippen LogP contribution in [0, 0.1) is 12.8 Å². The molecule has 0 bridgehead atoms. The number of hydrogen-bond donors (Lipinski definition) is 2. The van der Waals surface area contributed by atoms with Crippen LogP contribution in [0.1, 0.15) is 32.8 Å². The maximum Gasteiger partial charge on any atom is 0.240 e. The monoisotopic (exact) mass is 328 g/mol. The molecule has 22 heavy (non-hydrogen) atoms. The number of benzene rings is 1. The highest BCUT2D eigenvalue weighted by atomic mass is 32.2. The summed E-state index contributed by atoms with van der Waals surface area (Å²) >= 11 is 0. The van der Waals surface area contributed by atoms with Gasteiger partial charge in [-0.05, 0) is 37.5 Å². The van der Waals surface area contributed by atoms with E-state index in [1.807, 2.05) is 39.8 Å². The number of sulfonamides is 1. The SMILES string of the molecule is CCC(C)C(C)(O)CNS(=O)(=O)c1ccc(C)c(N(C)C)c1. The Hall–Kier alpha value is -1.11. The lowest BCUT2D eigenvalue weighted by atomic mass is 9.89. The molecule has 1 aromatic carbocycles. The van der Waals surface area contributed by atoms with Crippen LogP contribution >= 0.6 is 0 Å². The maximum atomic E-state index is 12.4. The van der Waals surface area contributed by atoms with Crippen LogP contribution in [0.5, 0.6) is 0 Å². The van der Waals surface area contributed by atoms with E-state index >= 15 is 0 Å². The topological polar surface area (TPSA) is 69.6 Å². The normalized spacial score (nSPS) is 16.1. The Morgan fingerprint density at radius 1 is 1.36 bits per heavy atom. The van der Waals surface area contributed by atoms with Gasteiger partial charge in [0.05, 0.1) is 10.5 Å². The molecule has 0 aliphatic heterocycles. The first-order chi connectivity index (χ1) is 10.0. The van der Waals surface area contributed by atoms with E-state index in [4.69, 9.17) is 0 Å². The Morgan fingerprint density at radius 2 is 1.95 bits per heavy atom. The number of rotatable bonds is 7. The zero-order valence-electron chi connectivity index (χ0n) is 14.3. The summed E-state index contributed by atoms with van der Waals surface area (Å²) in [6.45, 7) is 7.47. The average molecular weight is 328 g/mol.